The number of carbonyl (C=O) groups is 1. The Hall–Kier alpha value is -1.42. The number of likely N-dealkylation sites (tertiary alicyclic amines) is 1. The SMILES string of the molecule is NC1CC[C@@H]2CN(C(=O)c3ccccc3F)C[C@@H]2C1. The van der Waals surface area contributed by atoms with E-state index in [4.69, 9.17) is 5.73 Å². The molecule has 2 fully saturated rings. The zero-order valence-corrected chi connectivity index (χ0v) is 10.9. The summed E-state index contributed by atoms with van der Waals surface area (Å²) in [5.41, 5.74) is 6.17. The minimum Gasteiger partial charge on any atom is -0.338 e. The van der Waals surface area contributed by atoms with Crippen LogP contribution in [-0.2, 0) is 0 Å². The van der Waals surface area contributed by atoms with Crippen molar-refractivity contribution in [2.45, 2.75) is 25.3 Å². The molecule has 1 aromatic rings. The summed E-state index contributed by atoms with van der Waals surface area (Å²) in [6.07, 6.45) is 3.13. The molecule has 0 aromatic heterocycles. The Morgan fingerprint density at radius 1 is 1.21 bits per heavy atom. The third-order valence-electron chi connectivity index (χ3n) is 4.48. The number of hydrogen-bond donors (Lipinski definition) is 1. The maximum Gasteiger partial charge on any atom is 0.256 e. The lowest BCUT2D eigenvalue weighted by atomic mass is 9.79. The van der Waals surface area contributed by atoms with Gasteiger partial charge < -0.3 is 10.6 Å². The molecule has 1 aliphatic heterocycles. The number of halogens is 1. The number of nitrogens with zero attached hydrogens (tertiary/aromatic N) is 1. The van der Waals surface area contributed by atoms with Crippen LogP contribution in [0, 0.1) is 17.7 Å². The number of carbonyl (C=O) groups excluding carboxylic acids is 1. The van der Waals surface area contributed by atoms with Crippen molar-refractivity contribution >= 4 is 5.91 Å². The molecule has 3 atom stereocenters. The molecular formula is C15H19FN2O. The van der Waals surface area contributed by atoms with E-state index in [9.17, 15) is 9.18 Å². The van der Waals surface area contributed by atoms with Crippen molar-refractivity contribution in [1.82, 2.24) is 4.90 Å². The zero-order chi connectivity index (χ0) is 13.4. The Bertz CT molecular complexity index is 491. The van der Waals surface area contributed by atoms with E-state index in [0.717, 1.165) is 32.4 Å². The van der Waals surface area contributed by atoms with Gasteiger partial charge in [0.15, 0.2) is 0 Å². The molecule has 4 heteroatoms. The molecule has 102 valence electrons. The summed E-state index contributed by atoms with van der Waals surface area (Å²) in [5.74, 6) is 0.440. The Balaban J connectivity index is 1.74. The Kier molecular flexibility index (Phi) is 3.27. The van der Waals surface area contributed by atoms with Crippen LogP contribution in [0.2, 0.25) is 0 Å². The molecule has 1 aliphatic carbocycles. The van der Waals surface area contributed by atoms with E-state index in [2.05, 4.69) is 0 Å². The van der Waals surface area contributed by atoms with Crippen LogP contribution in [0.3, 0.4) is 0 Å². The number of rotatable bonds is 1. The number of fused-ring (bicyclic) bond motifs is 1. The number of nitrogens with two attached hydrogens (primary N) is 1. The summed E-state index contributed by atoms with van der Waals surface area (Å²) in [7, 11) is 0. The van der Waals surface area contributed by atoms with Gasteiger partial charge in [0, 0.05) is 19.1 Å². The molecule has 0 spiro atoms. The summed E-state index contributed by atoms with van der Waals surface area (Å²) in [6.45, 7) is 1.48. The van der Waals surface area contributed by atoms with Crippen LogP contribution >= 0.6 is 0 Å². The summed E-state index contributed by atoms with van der Waals surface area (Å²) in [6, 6.07) is 6.48. The molecule has 1 amide bonds. The van der Waals surface area contributed by atoms with E-state index >= 15 is 0 Å². The second kappa shape index (κ2) is 4.93. The Morgan fingerprint density at radius 3 is 2.74 bits per heavy atom. The van der Waals surface area contributed by atoms with Gasteiger partial charge in [-0.2, -0.15) is 0 Å². The van der Waals surface area contributed by atoms with Crippen LogP contribution in [0.5, 0.6) is 0 Å². The van der Waals surface area contributed by atoms with Crippen LogP contribution < -0.4 is 5.73 Å². The quantitative estimate of drug-likeness (QED) is 0.841. The molecule has 2 aliphatic rings. The van der Waals surface area contributed by atoms with Gasteiger partial charge in [-0.3, -0.25) is 4.79 Å². The minimum atomic E-state index is -0.431. The van der Waals surface area contributed by atoms with Gasteiger partial charge in [-0.25, -0.2) is 4.39 Å². The predicted octanol–water partition coefficient (Wildman–Crippen LogP) is 2.03. The van der Waals surface area contributed by atoms with Crippen molar-refractivity contribution in [2.24, 2.45) is 17.6 Å². The van der Waals surface area contributed by atoms with Crippen molar-refractivity contribution in [3.05, 3.63) is 35.6 Å². The second-order valence-corrected chi connectivity index (χ2v) is 5.78. The monoisotopic (exact) mass is 262 g/mol. The highest BCUT2D eigenvalue weighted by atomic mass is 19.1. The number of amides is 1. The third kappa shape index (κ3) is 2.37. The topological polar surface area (TPSA) is 46.3 Å². The molecule has 1 saturated heterocycles. The first-order valence-corrected chi connectivity index (χ1v) is 6.94. The van der Waals surface area contributed by atoms with Gasteiger partial charge in [0.1, 0.15) is 5.82 Å². The first kappa shape index (κ1) is 12.6. The molecular weight excluding hydrogens is 243 g/mol. The van der Waals surface area contributed by atoms with Crippen molar-refractivity contribution in [2.75, 3.05) is 13.1 Å². The fraction of sp³-hybridized carbons (Fsp3) is 0.533. The van der Waals surface area contributed by atoms with Gasteiger partial charge in [-0.05, 0) is 43.2 Å². The molecule has 1 unspecified atom stereocenters. The van der Waals surface area contributed by atoms with Crippen LogP contribution in [0.15, 0.2) is 24.3 Å². The standard InChI is InChI=1S/C15H19FN2O/c16-14-4-2-1-3-13(14)15(19)18-8-10-5-6-12(17)7-11(10)9-18/h1-4,10-12H,5-9,17H2/t10-,11+,12?/m1/s1. The van der Waals surface area contributed by atoms with E-state index in [-0.39, 0.29) is 17.5 Å². The Labute approximate surface area is 112 Å². The van der Waals surface area contributed by atoms with E-state index < -0.39 is 5.82 Å². The minimum absolute atomic E-state index is 0.180. The first-order valence-electron chi connectivity index (χ1n) is 6.94. The summed E-state index contributed by atoms with van der Waals surface area (Å²) in [4.78, 5) is 14.1. The maximum absolute atomic E-state index is 13.7. The van der Waals surface area contributed by atoms with Crippen molar-refractivity contribution in [3.63, 3.8) is 0 Å². The second-order valence-electron chi connectivity index (χ2n) is 5.78. The van der Waals surface area contributed by atoms with Crippen LogP contribution in [0.4, 0.5) is 4.39 Å². The van der Waals surface area contributed by atoms with Gasteiger partial charge in [-0.1, -0.05) is 12.1 Å². The highest BCUT2D eigenvalue weighted by Crippen LogP contribution is 2.36. The van der Waals surface area contributed by atoms with Crippen molar-refractivity contribution in [1.29, 1.82) is 0 Å². The van der Waals surface area contributed by atoms with Gasteiger partial charge in [0.05, 0.1) is 5.56 Å². The Morgan fingerprint density at radius 2 is 1.95 bits per heavy atom. The van der Waals surface area contributed by atoms with Gasteiger partial charge in [0.25, 0.3) is 5.91 Å². The molecule has 2 N–H and O–H groups in total. The fourth-order valence-electron chi connectivity index (χ4n) is 3.44. The van der Waals surface area contributed by atoms with Gasteiger partial charge in [0.2, 0.25) is 0 Å². The van der Waals surface area contributed by atoms with Crippen molar-refractivity contribution < 1.29 is 9.18 Å². The lowest BCUT2D eigenvalue weighted by Crippen LogP contribution is -2.32. The molecule has 3 rings (SSSR count). The normalized spacial score (nSPS) is 30.2. The highest BCUT2D eigenvalue weighted by Gasteiger charge is 2.39. The molecule has 0 radical (unpaired) electrons. The van der Waals surface area contributed by atoms with E-state index in [0.29, 0.717) is 11.8 Å². The van der Waals surface area contributed by atoms with E-state index in [1.807, 2.05) is 0 Å². The molecule has 1 saturated carbocycles. The summed E-state index contributed by atoms with van der Waals surface area (Å²) in [5, 5.41) is 0. The van der Waals surface area contributed by atoms with E-state index in [1.54, 1.807) is 23.1 Å². The molecule has 1 aromatic carbocycles. The van der Waals surface area contributed by atoms with E-state index in [1.165, 1.54) is 6.07 Å². The summed E-state index contributed by atoms with van der Waals surface area (Å²) >= 11 is 0. The molecule has 0 bridgehead atoms. The lowest BCUT2D eigenvalue weighted by Gasteiger charge is -2.27. The third-order valence-corrected chi connectivity index (χ3v) is 4.48. The first-order chi connectivity index (χ1) is 9.15. The fourth-order valence-corrected chi connectivity index (χ4v) is 3.44. The smallest absolute Gasteiger partial charge is 0.256 e. The average Bonchev–Trinajstić information content (AvgIpc) is 2.81. The summed E-state index contributed by atoms with van der Waals surface area (Å²) < 4.78 is 13.7. The maximum atomic E-state index is 13.7. The van der Waals surface area contributed by atoms with Crippen molar-refractivity contribution in [3.8, 4) is 0 Å². The van der Waals surface area contributed by atoms with Gasteiger partial charge >= 0.3 is 0 Å². The van der Waals surface area contributed by atoms with Crippen LogP contribution in [0.25, 0.3) is 0 Å². The van der Waals surface area contributed by atoms with Crippen LogP contribution in [0.1, 0.15) is 29.6 Å². The lowest BCUT2D eigenvalue weighted by molar-refractivity contribution is 0.0779. The molecule has 1 heterocycles. The average molecular weight is 262 g/mol. The zero-order valence-electron chi connectivity index (χ0n) is 10.9. The predicted molar refractivity (Wildman–Crippen MR) is 71.1 cm³/mol. The highest BCUT2D eigenvalue weighted by molar-refractivity contribution is 5.94. The number of hydrogen-bond acceptors (Lipinski definition) is 2. The number of benzene rings is 1. The largest absolute Gasteiger partial charge is 0.338 e. The molecule has 19 heavy (non-hydrogen) atoms. The van der Waals surface area contributed by atoms with Gasteiger partial charge in [-0.15, -0.1) is 0 Å². The van der Waals surface area contributed by atoms with Crippen LogP contribution in [-0.4, -0.2) is 29.9 Å². The molecule has 3 nitrogen and oxygen atoms in total.